The molecule has 0 saturated heterocycles. The van der Waals surface area contributed by atoms with Crippen molar-refractivity contribution in [1.82, 2.24) is 4.98 Å². The highest BCUT2D eigenvalue weighted by Gasteiger charge is 2.07. The molecule has 0 spiro atoms. The van der Waals surface area contributed by atoms with Crippen molar-refractivity contribution < 1.29 is 4.39 Å². The standard InChI is InChI=1S/C18H12FN/c19-16-7-3-6-15-11-17(20-18(15)16)14-9-8-12-4-1-2-5-13(12)10-14/h1-11,20H. The third-order valence-corrected chi connectivity index (χ3v) is 3.67. The lowest BCUT2D eigenvalue weighted by atomic mass is 10.1. The monoisotopic (exact) mass is 261 g/mol. The molecular formula is C18H12FN. The minimum Gasteiger partial charge on any atom is -0.352 e. The quantitative estimate of drug-likeness (QED) is 0.489. The predicted molar refractivity (Wildman–Crippen MR) is 81.2 cm³/mol. The van der Waals surface area contributed by atoms with Crippen LogP contribution in [0, 0.1) is 5.82 Å². The van der Waals surface area contributed by atoms with E-state index in [9.17, 15) is 4.39 Å². The second kappa shape index (κ2) is 4.20. The summed E-state index contributed by atoms with van der Waals surface area (Å²) < 4.78 is 13.7. The summed E-state index contributed by atoms with van der Waals surface area (Å²) >= 11 is 0. The molecule has 1 aromatic heterocycles. The number of halogens is 1. The van der Waals surface area contributed by atoms with Crippen molar-refractivity contribution in [2.45, 2.75) is 0 Å². The van der Waals surface area contributed by atoms with E-state index in [2.05, 4.69) is 35.3 Å². The number of aromatic amines is 1. The van der Waals surface area contributed by atoms with Crippen LogP contribution in [0.4, 0.5) is 4.39 Å². The molecule has 20 heavy (non-hydrogen) atoms. The molecule has 1 N–H and O–H groups in total. The zero-order valence-electron chi connectivity index (χ0n) is 10.7. The van der Waals surface area contributed by atoms with Gasteiger partial charge in [0.15, 0.2) is 0 Å². The molecule has 2 heteroatoms. The molecule has 3 aromatic carbocycles. The van der Waals surface area contributed by atoms with Gasteiger partial charge in [0.25, 0.3) is 0 Å². The van der Waals surface area contributed by atoms with Crippen molar-refractivity contribution in [3.63, 3.8) is 0 Å². The van der Waals surface area contributed by atoms with Crippen LogP contribution in [0.3, 0.4) is 0 Å². The number of hydrogen-bond donors (Lipinski definition) is 1. The Morgan fingerprint density at radius 3 is 2.35 bits per heavy atom. The molecule has 4 aromatic rings. The van der Waals surface area contributed by atoms with E-state index in [1.165, 1.54) is 16.8 Å². The number of benzene rings is 3. The van der Waals surface area contributed by atoms with E-state index >= 15 is 0 Å². The maximum absolute atomic E-state index is 13.7. The highest BCUT2D eigenvalue weighted by Crippen LogP contribution is 2.28. The van der Waals surface area contributed by atoms with E-state index in [0.29, 0.717) is 5.52 Å². The Morgan fingerprint density at radius 1 is 0.700 bits per heavy atom. The molecule has 0 bridgehead atoms. The van der Waals surface area contributed by atoms with Crippen molar-refractivity contribution in [3.8, 4) is 11.3 Å². The Kier molecular flexibility index (Phi) is 2.36. The third kappa shape index (κ3) is 1.69. The summed E-state index contributed by atoms with van der Waals surface area (Å²) in [4.78, 5) is 3.17. The van der Waals surface area contributed by atoms with Crippen LogP contribution in [0.1, 0.15) is 0 Å². The van der Waals surface area contributed by atoms with Crippen LogP contribution < -0.4 is 0 Å². The molecule has 0 aliphatic heterocycles. The van der Waals surface area contributed by atoms with E-state index in [1.807, 2.05) is 24.3 Å². The van der Waals surface area contributed by atoms with Crippen LogP contribution in [-0.4, -0.2) is 4.98 Å². The van der Waals surface area contributed by atoms with E-state index in [1.54, 1.807) is 6.07 Å². The van der Waals surface area contributed by atoms with E-state index in [4.69, 9.17) is 0 Å². The minimum atomic E-state index is -0.213. The summed E-state index contributed by atoms with van der Waals surface area (Å²) in [6.07, 6.45) is 0. The van der Waals surface area contributed by atoms with Gasteiger partial charge in [-0.3, -0.25) is 0 Å². The van der Waals surface area contributed by atoms with Crippen molar-refractivity contribution >= 4 is 21.7 Å². The number of rotatable bonds is 1. The lowest BCUT2D eigenvalue weighted by molar-refractivity contribution is 0.637. The average Bonchev–Trinajstić information content (AvgIpc) is 2.92. The van der Waals surface area contributed by atoms with Crippen LogP contribution in [0.2, 0.25) is 0 Å². The lowest BCUT2D eigenvalue weighted by Crippen LogP contribution is -1.79. The molecule has 96 valence electrons. The van der Waals surface area contributed by atoms with Crippen molar-refractivity contribution in [3.05, 3.63) is 72.5 Å². The van der Waals surface area contributed by atoms with E-state index in [-0.39, 0.29) is 5.82 Å². The number of H-pyrrole nitrogens is 1. The van der Waals surface area contributed by atoms with E-state index < -0.39 is 0 Å². The molecule has 1 nitrogen and oxygen atoms in total. The van der Waals surface area contributed by atoms with Crippen molar-refractivity contribution in [1.29, 1.82) is 0 Å². The first kappa shape index (κ1) is 11.2. The number of hydrogen-bond acceptors (Lipinski definition) is 0. The summed E-state index contributed by atoms with van der Waals surface area (Å²) in [7, 11) is 0. The fourth-order valence-corrected chi connectivity index (χ4v) is 2.63. The Hall–Kier alpha value is -2.61. The maximum Gasteiger partial charge on any atom is 0.147 e. The second-order valence-electron chi connectivity index (χ2n) is 4.95. The minimum absolute atomic E-state index is 0.213. The van der Waals surface area contributed by atoms with Crippen LogP contribution in [0.5, 0.6) is 0 Å². The Labute approximate surface area is 115 Å². The third-order valence-electron chi connectivity index (χ3n) is 3.67. The molecule has 0 amide bonds. The van der Waals surface area contributed by atoms with Gasteiger partial charge in [0.1, 0.15) is 5.82 Å². The molecular weight excluding hydrogens is 249 g/mol. The number of aromatic nitrogens is 1. The SMILES string of the molecule is Fc1cccc2cc(-c3ccc4ccccc4c3)[nH]c12. The summed E-state index contributed by atoms with van der Waals surface area (Å²) in [6, 6.07) is 21.6. The first-order chi connectivity index (χ1) is 9.81. The number of nitrogens with one attached hydrogen (secondary N) is 1. The molecule has 0 radical (unpaired) electrons. The Bertz CT molecular complexity index is 921. The smallest absolute Gasteiger partial charge is 0.147 e. The zero-order valence-corrected chi connectivity index (χ0v) is 10.7. The maximum atomic E-state index is 13.7. The zero-order chi connectivity index (χ0) is 13.5. The van der Waals surface area contributed by atoms with Gasteiger partial charge >= 0.3 is 0 Å². The van der Waals surface area contributed by atoms with Gasteiger partial charge < -0.3 is 4.98 Å². The fourth-order valence-electron chi connectivity index (χ4n) is 2.63. The fraction of sp³-hybridized carbons (Fsp3) is 0. The average molecular weight is 261 g/mol. The van der Waals surface area contributed by atoms with Crippen LogP contribution in [0.15, 0.2) is 66.7 Å². The number of fused-ring (bicyclic) bond motifs is 2. The molecule has 0 aliphatic rings. The first-order valence-electron chi connectivity index (χ1n) is 6.58. The van der Waals surface area contributed by atoms with Crippen LogP contribution >= 0.6 is 0 Å². The molecule has 0 fully saturated rings. The topological polar surface area (TPSA) is 15.8 Å². The molecule has 4 rings (SSSR count). The second-order valence-corrected chi connectivity index (χ2v) is 4.95. The summed E-state index contributed by atoms with van der Waals surface area (Å²) in [5, 5.41) is 3.29. The molecule has 1 heterocycles. The molecule has 0 atom stereocenters. The molecule has 0 saturated carbocycles. The highest BCUT2D eigenvalue weighted by molar-refractivity contribution is 5.90. The summed E-state index contributed by atoms with van der Waals surface area (Å²) in [5.41, 5.74) is 2.57. The van der Waals surface area contributed by atoms with Crippen molar-refractivity contribution in [2.24, 2.45) is 0 Å². The van der Waals surface area contributed by atoms with E-state index in [0.717, 1.165) is 16.6 Å². The summed E-state index contributed by atoms with van der Waals surface area (Å²) in [5.74, 6) is -0.213. The first-order valence-corrected chi connectivity index (χ1v) is 6.58. The van der Waals surface area contributed by atoms with Crippen LogP contribution in [-0.2, 0) is 0 Å². The van der Waals surface area contributed by atoms with Gasteiger partial charge in [-0.25, -0.2) is 4.39 Å². The predicted octanol–water partition coefficient (Wildman–Crippen LogP) is 5.13. The molecule has 0 unspecified atom stereocenters. The van der Waals surface area contributed by atoms with Gasteiger partial charge in [-0.2, -0.15) is 0 Å². The van der Waals surface area contributed by atoms with Gasteiger partial charge in [0.05, 0.1) is 5.52 Å². The van der Waals surface area contributed by atoms with Gasteiger partial charge in [-0.1, -0.05) is 48.5 Å². The highest BCUT2D eigenvalue weighted by atomic mass is 19.1. The van der Waals surface area contributed by atoms with Gasteiger partial charge in [-0.05, 0) is 34.5 Å². The Morgan fingerprint density at radius 2 is 1.50 bits per heavy atom. The van der Waals surface area contributed by atoms with Gasteiger partial charge in [0.2, 0.25) is 0 Å². The largest absolute Gasteiger partial charge is 0.352 e. The molecule has 0 aliphatic carbocycles. The Balaban J connectivity index is 1.94. The number of para-hydroxylation sites is 1. The lowest BCUT2D eigenvalue weighted by Gasteiger charge is -2.01. The van der Waals surface area contributed by atoms with Gasteiger partial charge in [-0.15, -0.1) is 0 Å². The van der Waals surface area contributed by atoms with Crippen LogP contribution in [0.25, 0.3) is 32.9 Å². The van der Waals surface area contributed by atoms with Gasteiger partial charge in [0, 0.05) is 11.1 Å². The summed E-state index contributed by atoms with van der Waals surface area (Å²) in [6.45, 7) is 0. The van der Waals surface area contributed by atoms with Crippen molar-refractivity contribution in [2.75, 3.05) is 0 Å². The normalized spacial score (nSPS) is 11.2.